The second kappa shape index (κ2) is 12.7. The molecule has 4 nitrogen and oxygen atoms in total. The Kier molecular flexibility index (Phi) is 10.9. The first-order valence-electron chi connectivity index (χ1n) is 8.75. The standard InChI is InChI=1S/C20H28N4.HI/c1-3-21-20(22-14-7-10-18-8-5-4-6-9-18)23-15-13-19-12-11-17(2)24-16-19;/h4-6,8-9,11-12,16H,3,7,10,13-15H2,1-2H3,(H2,21,22,23);1H. The monoisotopic (exact) mass is 452 g/mol. The van der Waals surface area contributed by atoms with E-state index in [0.29, 0.717) is 0 Å². The van der Waals surface area contributed by atoms with E-state index in [1.165, 1.54) is 11.1 Å². The molecule has 1 aromatic heterocycles. The Labute approximate surface area is 168 Å². The summed E-state index contributed by atoms with van der Waals surface area (Å²) < 4.78 is 0. The Morgan fingerprint density at radius 1 is 1.00 bits per heavy atom. The van der Waals surface area contributed by atoms with Gasteiger partial charge in [-0.2, -0.15) is 0 Å². The van der Waals surface area contributed by atoms with Crippen LogP contribution >= 0.6 is 24.0 Å². The summed E-state index contributed by atoms with van der Waals surface area (Å²) in [6.45, 7) is 6.65. The van der Waals surface area contributed by atoms with Crippen LogP contribution in [0.15, 0.2) is 53.7 Å². The van der Waals surface area contributed by atoms with Crippen LogP contribution in [0.4, 0.5) is 0 Å². The number of nitrogens with one attached hydrogen (secondary N) is 2. The lowest BCUT2D eigenvalue weighted by atomic mass is 10.1. The van der Waals surface area contributed by atoms with Gasteiger partial charge in [0.1, 0.15) is 0 Å². The van der Waals surface area contributed by atoms with Crippen molar-refractivity contribution in [1.82, 2.24) is 15.6 Å². The number of benzene rings is 1. The van der Waals surface area contributed by atoms with Gasteiger partial charge in [-0.15, -0.1) is 24.0 Å². The molecule has 0 unspecified atom stereocenters. The molecule has 0 aliphatic heterocycles. The fourth-order valence-corrected chi connectivity index (χ4v) is 2.43. The van der Waals surface area contributed by atoms with Crippen molar-refractivity contribution in [3.05, 3.63) is 65.5 Å². The summed E-state index contributed by atoms with van der Waals surface area (Å²) in [4.78, 5) is 8.98. The normalized spacial score (nSPS) is 10.9. The average molecular weight is 452 g/mol. The fraction of sp³-hybridized carbons (Fsp3) is 0.400. The molecule has 0 amide bonds. The minimum absolute atomic E-state index is 0. The third-order valence-corrected chi connectivity index (χ3v) is 3.76. The molecular weight excluding hydrogens is 423 g/mol. The predicted octanol–water partition coefficient (Wildman–Crippen LogP) is 3.74. The van der Waals surface area contributed by atoms with Gasteiger partial charge >= 0.3 is 0 Å². The van der Waals surface area contributed by atoms with Gasteiger partial charge in [0, 0.05) is 31.5 Å². The number of aromatic nitrogens is 1. The number of aliphatic imine (C=N–C) groups is 1. The molecule has 0 fully saturated rings. The van der Waals surface area contributed by atoms with Crippen molar-refractivity contribution in [3.8, 4) is 0 Å². The van der Waals surface area contributed by atoms with E-state index in [0.717, 1.165) is 50.6 Å². The lowest BCUT2D eigenvalue weighted by Crippen LogP contribution is -2.38. The molecule has 136 valence electrons. The van der Waals surface area contributed by atoms with Crippen molar-refractivity contribution in [2.24, 2.45) is 4.99 Å². The number of hydrogen-bond acceptors (Lipinski definition) is 2. The quantitative estimate of drug-likeness (QED) is 0.278. The predicted molar refractivity (Wildman–Crippen MR) is 117 cm³/mol. The molecule has 2 rings (SSSR count). The number of aryl methyl sites for hydroxylation is 2. The van der Waals surface area contributed by atoms with Gasteiger partial charge in [0.2, 0.25) is 0 Å². The van der Waals surface area contributed by atoms with Gasteiger partial charge in [0.15, 0.2) is 5.96 Å². The molecule has 0 bridgehead atoms. The molecule has 0 aliphatic carbocycles. The highest BCUT2D eigenvalue weighted by atomic mass is 127. The molecule has 0 spiro atoms. The lowest BCUT2D eigenvalue weighted by molar-refractivity contribution is 0.775. The maximum atomic E-state index is 4.65. The van der Waals surface area contributed by atoms with Crippen LogP contribution in [-0.2, 0) is 12.8 Å². The van der Waals surface area contributed by atoms with E-state index in [1.54, 1.807) is 0 Å². The van der Waals surface area contributed by atoms with Crippen molar-refractivity contribution in [2.45, 2.75) is 33.1 Å². The van der Waals surface area contributed by atoms with Crippen molar-refractivity contribution >= 4 is 29.9 Å². The van der Waals surface area contributed by atoms with Gasteiger partial charge in [-0.25, -0.2) is 0 Å². The SMILES string of the molecule is CCNC(=NCCCc1ccccc1)NCCc1ccc(C)nc1.I. The summed E-state index contributed by atoms with van der Waals surface area (Å²) in [5.41, 5.74) is 3.67. The van der Waals surface area contributed by atoms with Crippen molar-refractivity contribution in [2.75, 3.05) is 19.6 Å². The number of hydrogen-bond donors (Lipinski definition) is 2. The number of rotatable bonds is 8. The second-order valence-corrected chi connectivity index (χ2v) is 5.83. The van der Waals surface area contributed by atoms with Crippen LogP contribution in [0, 0.1) is 6.92 Å². The first kappa shape index (κ1) is 21.4. The van der Waals surface area contributed by atoms with Crippen molar-refractivity contribution in [3.63, 3.8) is 0 Å². The Hall–Kier alpha value is -1.63. The summed E-state index contributed by atoms with van der Waals surface area (Å²) in [6, 6.07) is 14.8. The summed E-state index contributed by atoms with van der Waals surface area (Å²) in [6.07, 6.45) is 5.02. The molecule has 1 aromatic carbocycles. The number of guanidine groups is 1. The largest absolute Gasteiger partial charge is 0.357 e. The zero-order valence-electron chi connectivity index (χ0n) is 15.2. The summed E-state index contributed by atoms with van der Waals surface area (Å²) in [5, 5.41) is 6.69. The second-order valence-electron chi connectivity index (χ2n) is 5.83. The Balaban J connectivity index is 0.00000312. The van der Waals surface area contributed by atoms with Gasteiger partial charge in [0.25, 0.3) is 0 Å². The highest BCUT2D eigenvalue weighted by Crippen LogP contribution is 2.02. The smallest absolute Gasteiger partial charge is 0.191 e. The molecule has 2 aromatic rings. The van der Waals surface area contributed by atoms with Gasteiger partial charge in [-0.05, 0) is 50.3 Å². The third kappa shape index (κ3) is 8.86. The van der Waals surface area contributed by atoms with Gasteiger partial charge in [-0.3, -0.25) is 9.98 Å². The summed E-state index contributed by atoms with van der Waals surface area (Å²) >= 11 is 0. The molecule has 0 saturated carbocycles. The third-order valence-electron chi connectivity index (χ3n) is 3.76. The first-order chi connectivity index (χ1) is 11.8. The molecule has 0 radical (unpaired) electrons. The van der Waals surface area contributed by atoms with Crippen molar-refractivity contribution < 1.29 is 0 Å². The molecule has 0 atom stereocenters. The highest BCUT2D eigenvalue weighted by Gasteiger charge is 1.98. The van der Waals surface area contributed by atoms with E-state index in [2.05, 4.69) is 70.0 Å². The van der Waals surface area contributed by atoms with E-state index in [-0.39, 0.29) is 24.0 Å². The molecule has 5 heteroatoms. The van der Waals surface area contributed by atoms with Gasteiger partial charge in [0.05, 0.1) is 0 Å². The van der Waals surface area contributed by atoms with Crippen LogP contribution in [0.1, 0.15) is 30.2 Å². The number of nitrogens with zero attached hydrogens (tertiary/aromatic N) is 2. The molecule has 0 saturated heterocycles. The molecule has 2 N–H and O–H groups in total. The summed E-state index contributed by atoms with van der Waals surface area (Å²) in [5.74, 6) is 0.894. The van der Waals surface area contributed by atoms with Crippen LogP contribution in [-0.4, -0.2) is 30.6 Å². The first-order valence-corrected chi connectivity index (χ1v) is 8.75. The van der Waals surface area contributed by atoms with Crippen molar-refractivity contribution in [1.29, 1.82) is 0 Å². The fourth-order valence-electron chi connectivity index (χ4n) is 2.43. The van der Waals surface area contributed by atoms with Crippen LogP contribution in [0.2, 0.25) is 0 Å². The minimum Gasteiger partial charge on any atom is -0.357 e. The van der Waals surface area contributed by atoms with Crippen LogP contribution < -0.4 is 10.6 Å². The molecule has 25 heavy (non-hydrogen) atoms. The van der Waals surface area contributed by atoms with E-state index >= 15 is 0 Å². The highest BCUT2D eigenvalue weighted by molar-refractivity contribution is 14.0. The van der Waals surface area contributed by atoms with E-state index in [1.807, 2.05) is 13.1 Å². The Bertz CT molecular complexity index is 611. The van der Waals surface area contributed by atoms with Crippen LogP contribution in [0.5, 0.6) is 0 Å². The lowest BCUT2D eigenvalue weighted by Gasteiger charge is -2.11. The number of pyridine rings is 1. The van der Waals surface area contributed by atoms with E-state index in [9.17, 15) is 0 Å². The van der Waals surface area contributed by atoms with Crippen LogP contribution in [0.25, 0.3) is 0 Å². The average Bonchev–Trinajstić information content (AvgIpc) is 2.61. The van der Waals surface area contributed by atoms with Gasteiger partial charge < -0.3 is 10.6 Å². The zero-order chi connectivity index (χ0) is 17.0. The van der Waals surface area contributed by atoms with E-state index < -0.39 is 0 Å². The topological polar surface area (TPSA) is 49.3 Å². The van der Waals surface area contributed by atoms with E-state index in [4.69, 9.17) is 0 Å². The number of halogens is 1. The summed E-state index contributed by atoms with van der Waals surface area (Å²) in [7, 11) is 0. The maximum Gasteiger partial charge on any atom is 0.191 e. The van der Waals surface area contributed by atoms with Crippen LogP contribution in [0.3, 0.4) is 0 Å². The molecular formula is C20H29IN4. The maximum absolute atomic E-state index is 4.65. The molecule has 0 aliphatic rings. The minimum atomic E-state index is 0. The van der Waals surface area contributed by atoms with Gasteiger partial charge in [-0.1, -0.05) is 36.4 Å². The Morgan fingerprint density at radius 2 is 1.80 bits per heavy atom. The zero-order valence-corrected chi connectivity index (χ0v) is 17.5. The Morgan fingerprint density at radius 3 is 2.48 bits per heavy atom. The molecule has 1 heterocycles.